The summed E-state index contributed by atoms with van der Waals surface area (Å²) in [5, 5.41) is 21.0. The van der Waals surface area contributed by atoms with Crippen LogP contribution in [0.15, 0.2) is 29.3 Å². The lowest BCUT2D eigenvalue weighted by molar-refractivity contribution is -0.133. The van der Waals surface area contributed by atoms with E-state index in [0.717, 1.165) is 45.4 Å². The summed E-state index contributed by atoms with van der Waals surface area (Å²) in [6.07, 6.45) is 0.0895. The van der Waals surface area contributed by atoms with Gasteiger partial charge in [0, 0.05) is 47.2 Å². The van der Waals surface area contributed by atoms with Gasteiger partial charge in [0.25, 0.3) is 0 Å². The van der Waals surface area contributed by atoms with E-state index in [4.69, 9.17) is 27.4 Å². The summed E-state index contributed by atoms with van der Waals surface area (Å²) in [6.45, 7) is 8.53. The van der Waals surface area contributed by atoms with E-state index >= 15 is 0 Å². The highest BCUT2D eigenvalue weighted by Crippen LogP contribution is 2.40. The molecule has 0 spiro atoms. The third kappa shape index (κ3) is 4.65. The Balaban J connectivity index is 1.76. The lowest BCUT2D eigenvalue weighted by Gasteiger charge is -2.34. The van der Waals surface area contributed by atoms with Crippen molar-refractivity contribution >= 4 is 51.2 Å². The van der Waals surface area contributed by atoms with E-state index in [9.17, 15) is 4.79 Å². The zero-order chi connectivity index (χ0) is 24.6. The molecule has 34 heavy (non-hydrogen) atoms. The molecular formula is C24H30ClN7OS. The summed E-state index contributed by atoms with van der Waals surface area (Å²) < 4.78 is 0. The number of hydrogen-bond donors (Lipinski definition) is 3. The van der Waals surface area contributed by atoms with Crippen molar-refractivity contribution in [2.45, 2.75) is 33.2 Å². The fourth-order valence-corrected chi connectivity index (χ4v) is 5.71. The quantitative estimate of drug-likeness (QED) is 0.441. The van der Waals surface area contributed by atoms with Gasteiger partial charge in [-0.05, 0) is 45.5 Å². The average Bonchev–Trinajstić information content (AvgIpc) is 3.03. The Morgan fingerprint density at radius 1 is 1.21 bits per heavy atom. The molecule has 180 valence electrons. The van der Waals surface area contributed by atoms with E-state index in [0.29, 0.717) is 18.1 Å². The molecule has 8 nitrogen and oxygen atoms in total. The van der Waals surface area contributed by atoms with E-state index in [1.54, 1.807) is 23.2 Å². The molecule has 1 fully saturated rings. The molecule has 1 amide bonds. The van der Waals surface area contributed by atoms with Gasteiger partial charge in [0.05, 0.1) is 12.1 Å². The number of piperazine rings is 1. The van der Waals surface area contributed by atoms with Gasteiger partial charge in [-0.15, -0.1) is 11.3 Å². The van der Waals surface area contributed by atoms with Crippen LogP contribution in [0.2, 0.25) is 5.02 Å². The maximum atomic E-state index is 13.2. The number of hydrazine groups is 1. The summed E-state index contributed by atoms with van der Waals surface area (Å²) in [7, 11) is 1.88. The normalized spacial score (nSPS) is 19.0. The summed E-state index contributed by atoms with van der Waals surface area (Å²) in [6, 6.07) is 6.80. The van der Waals surface area contributed by atoms with Crippen LogP contribution in [0.1, 0.15) is 34.9 Å². The molecule has 2 aliphatic rings. The van der Waals surface area contributed by atoms with Crippen molar-refractivity contribution in [3.05, 3.63) is 50.9 Å². The van der Waals surface area contributed by atoms with Gasteiger partial charge < -0.3 is 4.90 Å². The van der Waals surface area contributed by atoms with Crippen molar-refractivity contribution < 1.29 is 4.79 Å². The molecule has 1 saturated heterocycles. The SMILES string of the molecule is CNN1CCN(C(=O)C[C@@H]2N=C(c3ccc(Cl)cc3)c3c(sc(C)c3C)N(C(C)=N)C2=N)CC1. The first kappa shape index (κ1) is 24.5. The standard InChI is InChI=1S/C24H30ClN7OS/c1-14-15(2)34-24-21(14)22(17-5-7-18(25)8-6-17)29-19(23(27)32(24)16(3)26)13-20(33)30-9-11-31(28-4)12-10-30/h5-8,19,26-28H,9-13H2,1-4H3/t19-/m0/s1. The first-order valence-corrected chi connectivity index (χ1v) is 12.5. The number of aliphatic imine (C=N–C) groups is 1. The van der Waals surface area contributed by atoms with Gasteiger partial charge in [0.1, 0.15) is 22.7 Å². The van der Waals surface area contributed by atoms with E-state index < -0.39 is 6.04 Å². The number of carbonyl (C=O) groups excluding carboxylic acids is 1. The largest absolute Gasteiger partial charge is 0.340 e. The minimum Gasteiger partial charge on any atom is -0.340 e. The van der Waals surface area contributed by atoms with Crippen molar-refractivity contribution in [3.8, 4) is 0 Å². The van der Waals surface area contributed by atoms with Crippen molar-refractivity contribution in [2.75, 3.05) is 38.1 Å². The Morgan fingerprint density at radius 3 is 2.44 bits per heavy atom. The number of aryl methyl sites for hydroxylation is 1. The van der Waals surface area contributed by atoms with Crippen molar-refractivity contribution in [1.29, 1.82) is 10.8 Å². The van der Waals surface area contributed by atoms with Crippen LogP contribution in [0.25, 0.3) is 0 Å². The average molecular weight is 500 g/mol. The molecule has 0 aliphatic carbocycles. The molecule has 4 rings (SSSR count). The molecular weight excluding hydrogens is 470 g/mol. The van der Waals surface area contributed by atoms with Gasteiger partial charge in [-0.25, -0.2) is 5.01 Å². The third-order valence-electron chi connectivity index (χ3n) is 6.42. The van der Waals surface area contributed by atoms with Crippen LogP contribution < -0.4 is 10.3 Å². The summed E-state index contributed by atoms with van der Waals surface area (Å²) in [4.78, 5) is 22.9. The molecule has 2 aromatic rings. The predicted molar refractivity (Wildman–Crippen MR) is 140 cm³/mol. The van der Waals surface area contributed by atoms with Crippen LogP contribution in [-0.2, 0) is 4.79 Å². The molecule has 10 heteroatoms. The number of carbonyl (C=O) groups is 1. The summed E-state index contributed by atoms with van der Waals surface area (Å²) in [5.41, 5.74) is 6.73. The van der Waals surface area contributed by atoms with E-state index in [2.05, 4.69) is 10.4 Å². The fraction of sp³-hybridized carbons (Fsp3) is 0.417. The number of amides is 1. The number of nitrogens with zero attached hydrogens (tertiary/aromatic N) is 4. The predicted octanol–water partition coefficient (Wildman–Crippen LogP) is 3.69. The number of thiophene rings is 1. The molecule has 1 atom stereocenters. The maximum absolute atomic E-state index is 13.2. The van der Waals surface area contributed by atoms with Gasteiger partial charge >= 0.3 is 0 Å². The Hall–Kier alpha value is -2.59. The maximum Gasteiger partial charge on any atom is 0.225 e. The molecule has 0 saturated carbocycles. The molecule has 2 aliphatic heterocycles. The minimum absolute atomic E-state index is 0.0227. The molecule has 1 aromatic carbocycles. The number of halogens is 1. The number of hydrogen-bond acceptors (Lipinski definition) is 7. The van der Waals surface area contributed by atoms with E-state index in [1.165, 1.54) is 0 Å². The number of rotatable bonds is 4. The van der Waals surface area contributed by atoms with Crippen LogP contribution in [0.5, 0.6) is 0 Å². The fourth-order valence-electron chi connectivity index (χ4n) is 4.36. The molecule has 0 unspecified atom stereocenters. The third-order valence-corrected chi connectivity index (χ3v) is 7.86. The topological polar surface area (TPSA) is 98.9 Å². The van der Waals surface area contributed by atoms with Crippen LogP contribution >= 0.6 is 22.9 Å². The monoisotopic (exact) mass is 499 g/mol. The van der Waals surface area contributed by atoms with E-state index in [-0.39, 0.29) is 24.0 Å². The summed E-state index contributed by atoms with van der Waals surface area (Å²) in [5.74, 6) is 0.367. The number of fused-ring (bicyclic) bond motifs is 1. The van der Waals surface area contributed by atoms with Gasteiger partial charge in [0.15, 0.2) is 0 Å². The minimum atomic E-state index is -0.694. The first-order valence-electron chi connectivity index (χ1n) is 11.3. The highest BCUT2D eigenvalue weighted by Gasteiger charge is 2.35. The Labute approximate surface area is 209 Å². The highest BCUT2D eigenvalue weighted by atomic mass is 35.5. The lowest BCUT2D eigenvalue weighted by atomic mass is 9.99. The molecule has 3 heterocycles. The highest BCUT2D eigenvalue weighted by molar-refractivity contribution is 7.17. The number of nitrogens with one attached hydrogen (secondary N) is 3. The van der Waals surface area contributed by atoms with Crippen LogP contribution in [-0.4, -0.2) is 72.5 Å². The molecule has 0 radical (unpaired) electrons. The van der Waals surface area contributed by atoms with Crippen LogP contribution in [0.4, 0.5) is 5.00 Å². The molecule has 1 aromatic heterocycles. The Bertz CT molecular complexity index is 1150. The zero-order valence-corrected chi connectivity index (χ0v) is 21.5. The van der Waals surface area contributed by atoms with Crippen molar-refractivity contribution in [1.82, 2.24) is 15.3 Å². The van der Waals surface area contributed by atoms with Crippen molar-refractivity contribution in [2.24, 2.45) is 4.99 Å². The number of benzene rings is 1. The smallest absolute Gasteiger partial charge is 0.225 e. The molecule has 3 N–H and O–H groups in total. The van der Waals surface area contributed by atoms with Gasteiger partial charge in [0.2, 0.25) is 5.91 Å². The van der Waals surface area contributed by atoms with Crippen LogP contribution in [0.3, 0.4) is 0 Å². The van der Waals surface area contributed by atoms with Gasteiger partial charge in [-0.3, -0.25) is 30.9 Å². The van der Waals surface area contributed by atoms with Gasteiger partial charge in [-0.1, -0.05) is 23.7 Å². The first-order chi connectivity index (χ1) is 16.2. The lowest BCUT2D eigenvalue weighted by Crippen LogP contribution is -2.53. The Kier molecular flexibility index (Phi) is 7.18. The second kappa shape index (κ2) is 9.95. The second-order valence-corrected chi connectivity index (χ2v) is 10.2. The second-order valence-electron chi connectivity index (χ2n) is 8.57. The zero-order valence-electron chi connectivity index (χ0n) is 19.9. The van der Waals surface area contributed by atoms with E-state index in [1.807, 2.05) is 50.1 Å². The van der Waals surface area contributed by atoms with Crippen molar-refractivity contribution in [3.63, 3.8) is 0 Å². The summed E-state index contributed by atoms with van der Waals surface area (Å²) >= 11 is 7.70. The number of anilines is 1. The number of amidine groups is 2. The molecule has 0 bridgehead atoms. The van der Waals surface area contributed by atoms with Crippen LogP contribution in [0, 0.1) is 24.7 Å². The van der Waals surface area contributed by atoms with Gasteiger partial charge in [-0.2, -0.15) is 0 Å². The Morgan fingerprint density at radius 2 is 1.85 bits per heavy atom.